The van der Waals surface area contributed by atoms with Gasteiger partial charge in [0.25, 0.3) is 0 Å². The van der Waals surface area contributed by atoms with Gasteiger partial charge in [0.15, 0.2) is 0 Å². The van der Waals surface area contributed by atoms with Gasteiger partial charge in [-0.3, -0.25) is 9.69 Å². The third-order valence-corrected chi connectivity index (χ3v) is 2.96. The molecule has 5 nitrogen and oxygen atoms in total. The first kappa shape index (κ1) is 11.6. The number of aromatic nitrogens is 1. The van der Waals surface area contributed by atoms with Crippen LogP contribution in [0.25, 0.3) is 0 Å². The van der Waals surface area contributed by atoms with Gasteiger partial charge in [0.2, 0.25) is 5.91 Å². The number of pyridine rings is 1. The summed E-state index contributed by atoms with van der Waals surface area (Å²) in [5.41, 5.74) is 1.32. The predicted octanol–water partition coefficient (Wildman–Crippen LogP) is 0.607. The molecule has 1 saturated heterocycles. The molecule has 1 amide bonds. The van der Waals surface area contributed by atoms with Crippen molar-refractivity contribution in [2.24, 2.45) is 5.92 Å². The molecule has 88 valence electrons. The molecule has 2 heterocycles. The van der Waals surface area contributed by atoms with Gasteiger partial charge < -0.3 is 5.11 Å². The van der Waals surface area contributed by atoms with Gasteiger partial charge in [-0.1, -0.05) is 0 Å². The van der Waals surface area contributed by atoms with E-state index in [-0.39, 0.29) is 18.4 Å². The van der Waals surface area contributed by atoms with Crippen LogP contribution in [0.2, 0.25) is 0 Å². The SMILES string of the molecule is Cc1cc(N2CC(CO)CC2=O)ncc1C#N. The fourth-order valence-electron chi connectivity index (χ4n) is 1.93. The van der Waals surface area contributed by atoms with Crippen LogP contribution in [0.15, 0.2) is 12.3 Å². The fraction of sp³-hybridized carbons (Fsp3) is 0.417. The lowest BCUT2D eigenvalue weighted by molar-refractivity contribution is -0.117. The molecule has 0 radical (unpaired) electrons. The molecule has 2 rings (SSSR count). The largest absolute Gasteiger partial charge is 0.396 e. The van der Waals surface area contributed by atoms with Crippen molar-refractivity contribution in [2.75, 3.05) is 18.1 Å². The van der Waals surface area contributed by atoms with Gasteiger partial charge in [-0.25, -0.2) is 4.98 Å². The normalized spacial score (nSPS) is 19.5. The maximum absolute atomic E-state index is 11.7. The molecule has 0 spiro atoms. The lowest BCUT2D eigenvalue weighted by atomic mass is 10.1. The second-order valence-electron chi connectivity index (χ2n) is 4.23. The Kier molecular flexibility index (Phi) is 3.07. The lowest BCUT2D eigenvalue weighted by Crippen LogP contribution is -2.26. The second-order valence-corrected chi connectivity index (χ2v) is 4.23. The van der Waals surface area contributed by atoms with E-state index in [0.717, 1.165) is 5.56 Å². The molecule has 5 heteroatoms. The first-order valence-corrected chi connectivity index (χ1v) is 5.43. The minimum atomic E-state index is -0.0272. The van der Waals surface area contributed by atoms with Crippen LogP contribution in [0, 0.1) is 24.2 Å². The van der Waals surface area contributed by atoms with E-state index in [0.29, 0.717) is 24.3 Å². The summed E-state index contributed by atoms with van der Waals surface area (Å²) in [7, 11) is 0. The van der Waals surface area contributed by atoms with E-state index in [9.17, 15) is 4.79 Å². The summed E-state index contributed by atoms with van der Waals surface area (Å²) in [6, 6.07) is 3.77. The molecule has 1 aromatic heterocycles. The summed E-state index contributed by atoms with van der Waals surface area (Å²) >= 11 is 0. The van der Waals surface area contributed by atoms with E-state index in [1.807, 2.05) is 13.0 Å². The van der Waals surface area contributed by atoms with Crippen molar-refractivity contribution >= 4 is 11.7 Å². The van der Waals surface area contributed by atoms with Crippen LogP contribution >= 0.6 is 0 Å². The maximum Gasteiger partial charge on any atom is 0.228 e. The maximum atomic E-state index is 11.7. The molecular formula is C12H13N3O2. The topological polar surface area (TPSA) is 77.2 Å². The van der Waals surface area contributed by atoms with Crippen LogP contribution in [0.4, 0.5) is 5.82 Å². The Morgan fingerprint density at radius 3 is 3.00 bits per heavy atom. The summed E-state index contributed by atoms with van der Waals surface area (Å²) < 4.78 is 0. The van der Waals surface area contributed by atoms with Gasteiger partial charge in [-0.05, 0) is 18.6 Å². The molecule has 1 atom stereocenters. The van der Waals surface area contributed by atoms with Crippen LogP contribution in [-0.2, 0) is 4.79 Å². The molecule has 1 aliphatic rings. The van der Waals surface area contributed by atoms with Crippen LogP contribution in [0.1, 0.15) is 17.5 Å². The third kappa shape index (κ3) is 2.12. The lowest BCUT2D eigenvalue weighted by Gasteiger charge is -2.15. The Bertz CT molecular complexity index is 493. The molecule has 0 aromatic carbocycles. The quantitative estimate of drug-likeness (QED) is 0.808. The molecule has 0 saturated carbocycles. The number of carbonyl (C=O) groups excluding carboxylic acids is 1. The number of aryl methyl sites for hydroxylation is 1. The Hall–Kier alpha value is -1.93. The molecule has 1 aliphatic heterocycles. The van der Waals surface area contributed by atoms with Crippen molar-refractivity contribution < 1.29 is 9.90 Å². The molecule has 1 fully saturated rings. The van der Waals surface area contributed by atoms with Gasteiger partial charge >= 0.3 is 0 Å². The number of nitriles is 1. The molecule has 17 heavy (non-hydrogen) atoms. The number of nitrogens with zero attached hydrogens (tertiary/aromatic N) is 3. The molecular weight excluding hydrogens is 218 g/mol. The molecule has 0 aliphatic carbocycles. The first-order valence-electron chi connectivity index (χ1n) is 5.43. The summed E-state index contributed by atoms with van der Waals surface area (Å²) in [6.45, 7) is 2.32. The Labute approximate surface area is 99.3 Å². The molecule has 1 N–H and O–H groups in total. The third-order valence-electron chi connectivity index (χ3n) is 2.96. The number of hydrogen-bond donors (Lipinski definition) is 1. The Morgan fingerprint density at radius 1 is 1.71 bits per heavy atom. The smallest absolute Gasteiger partial charge is 0.228 e. The number of hydrogen-bond acceptors (Lipinski definition) is 4. The molecule has 0 bridgehead atoms. The first-order chi connectivity index (χ1) is 8.15. The van der Waals surface area contributed by atoms with E-state index >= 15 is 0 Å². The number of carbonyl (C=O) groups is 1. The highest BCUT2D eigenvalue weighted by atomic mass is 16.3. The van der Waals surface area contributed by atoms with Crippen molar-refractivity contribution in [2.45, 2.75) is 13.3 Å². The zero-order valence-corrected chi connectivity index (χ0v) is 9.55. The van der Waals surface area contributed by atoms with Gasteiger partial charge in [0.1, 0.15) is 11.9 Å². The average Bonchev–Trinajstić information content (AvgIpc) is 2.70. The van der Waals surface area contributed by atoms with Gasteiger partial charge in [-0.2, -0.15) is 5.26 Å². The highest BCUT2D eigenvalue weighted by Crippen LogP contribution is 2.24. The van der Waals surface area contributed by atoms with Crippen LogP contribution in [-0.4, -0.2) is 29.1 Å². The van der Waals surface area contributed by atoms with Crippen LogP contribution in [0.5, 0.6) is 0 Å². The van der Waals surface area contributed by atoms with Gasteiger partial charge in [0, 0.05) is 31.7 Å². The van der Waals surface area contributed by atoms with E-state index in [1.54, 1.807) is 11.0 Å². The van der Waals surface area contributed by atoms with Crippen molar-refractivity contribution in [3.63, 3.8) is 0 Å². The summed E-state index contributed by atoms with van der Waals surface area (Å²) in [5.74, 6) is 0.517. The standard InChI is InChI=1S/C12H13N3O2/c1-8-2-11(14-5-10(8)4-13)15-6-9(7-16)3-12(15)17/h2,5,9,16H,3,6-7H2,1H3. The van der Waals surface area contributed by atoms with Crippen LogP contribution in [0.3, 0.4) is 0 Å². The predicted molar refractivity (Wildman–Crippen MR) is 61.2 cm³/mol. The van der Waals surface area contributed by atoms with Crippen molar-refractivity contribution in [3.8, 4) is 6.07 Å². The van der Waals surface area contributed by atoms with Gasteiger partial charge in [0.05, 0.1) is 5.56 Å². The van der Waals surface area contributed by atoms with Crippen LogP contribution < -0.4 is 4.90 Å². The summed E-state index contributed by atoms with van der Waals surface area (Å²) in [5, 5.41) is 17.8. The van der Waals surface area contributed by atoms with Crippen molar-refractivity contribution in [3.05, 3.63) is 23.4 Å². The molecule has 1 aromatic rings. The highest BCUT2D eigenvalue weighted by molar-refractivity contribution is 5.94. The Balaban J connectivity index is 2.27. The van der Waals surface area contributed by atoms with Crippen molar-refractivity contribution in [1.29, 1.82) is 5.26 Å². The zero-order chi connectivity index (χ0) is 12.4. The number of anilines is 1. The fourth-order valence-corrected chi connectivity index (χ4v) is 1.93. The highest BCUT2D eigenvalue weighted by Gasteiger charge is 2.30. The van der Waals surface area contributed by atoms with E-state index in [1.165, 1.54) is 6.20 Å². The second kappa shape index (κ2) is 4.52. The number of aliphatic hydroxyl groups is 1. The summed E-state index contributed by atoms with van der Waals surface area (Å²) in [4.78, 5) is 17.4. The zero-order valence-electron chi connectivity index (χ0n) is 9.55. The van der Waals surface area contributed by atoms with E-state index in [4.69, 9.17) is 10.4 Å². The van der Waals surface area contributed by atoms with E-state index < -0.39 is 0 Å². The molecule has 1 unspecified atom stereocenters. The minimum absolute atomic E-state index is 0.0114. The van der Waals surface area contributed by atoms with Crippen molar-refractivity contribution in [1.82, 2.24) is 4.98 Å². The number of rotatable bonds is 2. The number of aliphatic hydroxyl groups excluding tert-OH is 1. The summed E-state index contributed by atoms with van der Waals surface area (Å²) in [6.07, 6.45) is 1.83. The monoisotopic (exact) mass is 231 g/mol. The number of amides is 1. The van der Waals surface area contributed by atoms with Gasteiger partial charge in [-0.15, -0.1) is 0 Å². The van der Waals surface area contributed by atoms with E-state index in [2.05, 4.69) is 4.98 Å². The Morgan fingerprint density at radius 2 is 2.47 bits per heavy atom. The average molecular weight is 231 g/mol. The minimum Gasteiger partial charge on any atom is -0.396 e.